The maximum Gasteiger partial charge on any atom is 0.0101 e. The highest BCUT2D eigenvalue weighted by molar-refractivity contribution is 4.62. The molecule has 0 aromatic heterocycles. The van der Waals surface area contributed by atoms with Crippen molar-refractivity contribution >= 4 is 0 Å². The van der Waals surface area contributed by atoms with Gasteiger partial charge in [0.25, 0.3) is 0 Å². The minimum absolute atomic E-state index is 0.718. The Morgan fingerprint density at radius 1 is 1.18 bits per heavy atom. The molecule has 0 aliphatic heterocycles. The first-order valence-corrected chi connectivity index (χ1v) is 4.58. The Labute approximate surface area is 71.0 Å². The zero-order valence-electron chi connectivity index (χ0n) is 8.35. The van der Waals surface area contributed by atoms with Crippen molar-refractivity contribution in [2.45, 2.75) is 32.7 Å². The van der Waals surface area contributed by atoms with Crippen molar-refractivity contribution < 1.29 is 0 Å². The Balaban J connectivity index is 3.21. The van der Waals surface area contributed by atoms with Gasteiger partial charge in [-0.25, -0.2) is 0 Å². The highest BCUT2D eigenvalue weighted by Gasteiger charge is 2.00. The lowest BCUT2D eigenvalue weighted by Crippen LogP contribution is -2.33. The molecule has 0 saturated heterocycles. The van der Waals surface area contributed by atoms with Gasteiger partial charge in [0.05, 0.1) is 0 Å². The smallest absolute Gasteiger partial charge is 0.0101 e. The summed E-state index contributed by atoms with van der Waals surface area (Å²) in [6, 6.07) is 0.718. The third-order valence-electron chi connectivity index (χ3n) is 1.98. The lowest BCUT2D eigenvalue weighted by molar-refractivity contribution is 0.377. The van der Waals surface area contributed by atoms with Crippen LogP contribution in [0.15, 0.2) is 0 Å². The van der Waals surface area contributed by atoms with Crippen molar-refractivity contribution in [1.82, 2.24) is 10.2 Å². The predicted molar refractivity (Wildman–Crippen MR) is 50.9 cm³/mol. The van der Waals surface area contributed by atoms with E-state index in [-0.39, 0.29) is 0 Å². The molecule has 0 unspecified atom stereocenters. The Morgan fingerprint density at radius 3 is 2.09 bits per heavy atom. The average Bonchev–Trinajstić information content (AvgIpc) is 1.98. The van der Waals surface area contributed by atoms with Crippen LogP contribution in [-0.2, 0) is 0 Å². The third kappa shape index (κ3) is 6.32. The minimum atomic E-state index is 0.718. The Bertz CT molecular complexity index is 77.6. The Hall–Kier alpha value is -0.0800. The summed E-state index contributed by atoms with van der Waals surface area (Å²) in [7, 11) is 4.21. The SMILES string of the molecule is CCC(CC)NCCN(C)C. The highest BCUT2D eigenvalue weighted by Crippen LogP contribution is 1.94. The molecule has 0 bridgehead atoms. The van der Waals surface area contributed by atoms with Gasteiger partial charge in [0.1, 0.15) is 0 Å². The normalized spacial score (nSPS) is 11.5. The van der Waals surface area contributed by atoms with Crippen molar-refractivity contribution in [3.05, 3.63) is 0 Å². The van der Waals surface area contributed by atoms with Crippen molar-refractivity contribution in [1.29, 1.82) is 0 Å². The van der Waals surface area contributed by atoms with Gasteiger partial charge in [0, 0.05) is 19.1 Å². The van der Waals surface area contributed by atoms with Gasteiger partial charge < -0.3 is 10.2 Å². The molecule has 0 fully saturated rings. The molecule has 0 rings (SSSR count). The molecule has 0 atom stereocenters. The summed E-state index contributed by atoms with van der Waals surface area (Å²) in [5.74, 6) is 0. The Kier molecular flexibility index (Phi) is 6.57. The number of likely N-dealkylation sites (N-methyl/N-ethyl adjacent to an activating group) is 1. The minimum Gasteiger partial charge on any atom is -0.313 e. The second-order valence-corrected chi connectivity index (χ2v) is 3.27. The summed E-state index contributed by atoms with van der Waals surface area (Å²) < 4.78 is 0. The van der Waals surface area contributed by atoms with Gasteiger partial charge in [-0.2, -0.15) is 0 Å². The summed E-state index contributed by atoms with van der Waals surface area (Å²) in [5.41, 5.74) is 0. The summed E-state index contributed by atoms with van der Waals surface area (Å²) in [6.45, 7) is 6.71. The summed E-state index contributed by atoms with van der Waals surface area (Å²) in [5, 5.41) is 3.51. The maximum absolute atomic E-state index is 3.51. The first kappa shape index (κ1) is 10.9. The molecule has 0 amide bonds. The number of hydrogen-bond donors (Lipinski definition) is 1. The molecule has 0 spiro atoms. The largest absolute Gasteiger partial charge is 0.313 e. The molecule has 0 aliphatic rings. The molecule has 0 radical (unpaired) electrons. The van der Waals surface area contributed by atoms with E-state index < -0.39 is 0 Å². The molecule has 0 heterocycles. The van der Waals surface area contributed by atoms with Gasteiger partial charge >= 0.3 is 0 Å². The van der Waals surface area contributed by atoms with Crippen molar-refractivity contribution in [3.8, 4) is 0 Å². The third-order valence-corrected chi connectivity index (χ3v) is 1.98. The Morgan fingerprint density at radius 2 is 1.73 bits per heavy atom. The molecular weight excluding hydrogens is 136 g/mol. The van der Waals surface area contributed by atoms with Crippen molar-refractivity contribution in [2.75, 3.05) is 27.2 Å². The maximum atomic E-state index is 3.51. The van der Waals surface area contributed by atoms with Crippen LogP contribution in [0.2, 0.25) is 0 Å². The zero-order valence-corrected chi connectivity index (χ0v) is 8.35. The van der Waals surface area contributed by atoms with Gasteiger partial charge in [0.2, 0.25) is 0 Å². The van der Waals surface area contributed by atoms with E-state index >= 15 is 0 Å². The summed E-state index contributed by atoms with van der Waals surface area (Å²) >= 11 is 0. The molecular formula is C9H22N2. The molecule has 2 heteroatoms. The molecule has 0 aromatic rings. The summed E-state index contributed by atoms with van der Waals surface area (Å²) in [4.78, 5) is 2.20. The number of hydrogen-bond acceptors (Lipinski definition) is 2. The van der Waals surface area contributed by atoms with Crippen LogP contribution in [-0.4, -0.2) is 38.1 Å². The van der Waals surface area contributed by atoms with E-state index in [1.807, 2.05) is 0 Å². The van der Waals surface area contributed by atoms with Crippen LogP contribution in [0.25, 0.3) is 0 Å². The second-order valence-electron chi connectivity index (χ2n) is 3.27. The van der Waals surface area contributed by atoms with E-state index in [1.165, 1.54) is 12.8 Å². The number of nitrogens with one attached hydrogen (secondary N) is 1. The second kappa shape index (κ2) is 6.62. The molecule has 68 valence electrons. The molecule has 1 N–H and O–H groups in total. The standard InChI is InChI=1S/C9H22N2/c1-5-9(6-2)10-7-8-11(3)4/h9-10H,5-8H2,1-4H3. The van der Waals surface area contributed by atoms with Crippen LogP contribution in [0.3, 0.4) is 0 Å². The topological polar surface area (TPSA) is 15.3 Å². The van der Waals surface area contributed by atoms with Gasteiger partial charge in [-0.15, -0.1) is 0 Å². The van der Waals surface area contributed by atoms with Crippen molar-refractivity contribution in [2.24, 2.45) is 0 Å². The van der Waals surface area contributed by atoms with Crippen LogP contribution < -0.4 is 5.32 Å². The zero-order chi connectivity index (χ0) is 8.69. The van der Waals surface area contributed by atoms with Gasteiger partial charge in [0.15, 0.2) is 0 Å². The predicted octanol–water partition coefficient (Wildman–Crippen LogP) is 1.33. The van der Waals surface area contributed by atoms with Crippen LogP contribution in [0, 0.1) is 0 Å². The van der Waals surface area contributed by atoms with E-state index in [4.69, 9.17) is 0 Å². The monoisotopic (exact) mass is 158 g/mol. The molecule has 0 saturated carbocycles. The number of rotatable bonds is 6. The fourth-order valence-corrected chi connectivity index (χ4v) is 1.07. The van der Waals surface area contributed by atoms with E-state index in [0.29, 0.717) is 0 Å². The lowest BCUT2D eigenvalue weighted by Gasteiger charge is -2.16. The van der Waals surface area contributed by atoms with Gasteiger partial charge in [-0.1, -0.05) is 13.8 Å². The van der Waals surface area contributed by atoms with Crippen molar-refractivity contribution in [3.63, 3.8) is 0 Å². The van der Waals surface area contributed by atoms with Crippen LogP contribution in [0.1, 0.15) is 26.7 Å². The lowest BCUT2D eigenvalue weighted by atomic mass is 10.2. The number of nitrogens with zero attached hydrogens (tertiary/aromatic N) is 1. The van der Waals surface area contributed by atoms with Gasteiger partial charge in [-0.05, 0) is 26.9 Å². The average molecular weight is 158 g/mol. The molecule has 2 nitrogen and oxygen atoms in total. The van der Waals surface area contributed by atoms with Crippen LogP contribution >= 0.6 is 0 Å². The van der Waals surface area contributed by atoms with Gasteiger partial charge in [-0.3, -0.25) is 0 Å². The first-order chi connectivity index (χ1) is 5.20. The van der Waals surface area contributed by atoms with E-state index in [0.717, 1.165) is 19.1 Å². The fraction of sp³-hybridized carbons (Fsp3) is 1.00. The van der Waals surface area contributed by atoms with Crippen LogP contribution in [0.5, 0.6) is 0 Å². The summed E-state index contributed by atoms with van der Waals surface area (Å²) in [6.07, 6.45) is 2.48. The molecule has 0 aliphatic carbocycles. The highest BCUT2D eigenvalue weighted by atomic mass is 15.1. The van der Waals surface area contributed by atoms with E-state index in [9.17, 15) is 0 Å². The van der Waals surface area contributed by atoms with E-state index in [1.54, 1.807) is 0 Å². The fourth-order valence-electron chi connectivity index (χ4n) is 1.07. The molecule has 0 aromatic carbocycles. The quantitative estimate of drug-likeness (QED) is 0.627. The first-order valence-electron chi connectivity index (χ1n) is 4.58. The van der Waals surface area contributed by atoms with E-state index in [2.05, 4.69) is 38.2 Å². The van der Waals surface area contributed by atoms with Crippen LogP contribution in [0.4, 0.5) is 0 Å². The molecule has 11 heavy (non-hydrogen) atoms.